The first-order chi connectivity index (χ1) is 8.18. The van der Waals surface area contributed by atoms with Crippen molar-refractivity contribution in [3.8, 4) is 0 Å². The molecule has 0 aromatic carbocycles. The summed E-state index contributed by atoms with van der Waals surface area (Å²) < 4.78 is 5.43. The zero-order chi connectivity index (χ0) is 12.9. The third-order valence-corrected chi connectivity index (χ3v) is 2.69. The van der Waals surface area contributed by atoms with Gasteiger partial charge in [0, 0.05) is 12.2 Å². The van der Waals surface area contributed by atoms with E-state index in [0.717, 1.165) is 13.0 Å². The minimum atomic E-state index is -0.846. The molecule has 0 radical (unpaired) electrons. The van der Waals surface area contributed by atoms with Crippen molar-refractivity contribution in [1.82, 2.24) is 0 Å². The number of hydrogen-bond acceptors (Lipinski definition) is 2. The molecule has 0 aliphatic heterocycles. The van der Waals surface area contributed by atoms with Crippen molar-refractivity contribution < 1.29 is 14.6 Å². The van der Waals surface area contributed by atoms with E-state index in [9.17, 15) is 4.79 Å². The first-order valence-electron chi connectivity index (χ1n) is 6.66. The predicted octanol–water partition coefficient (Wildman–Crippen LogP) is 3.78. The van der Waals surface area contributed by atoms with E-state index >= 15 is 0 Å². The molecule has 0 bridgehead atoms. The van der Waals surface area contributed by atoms with Gasteiger partial charge in [0.2, 0.25) is 0 Å². The highest BCUT2D eigenvalue weighted by molar-refractivity contribution is 5.85. The Kier molecular flexibility index (Phi) is 11.1. The number of unbranched alkanes of at least 4 members (excludes halogenated alkanes) is 5. The number of hydrogen-bond donors (Lipinski definition) is 1. The van der Waals surface area contributed by atoms with Gasteiger partial charge in [-0.3, -0.25) is 0 Å². The summed E-state index contributed by atoms with van der Waals surface area (Å²) in [6.07, 6.45) is 10.0. The van der Waals surface area contributed by atoms with Crippen LogP contribution in [0.25, 0.3) is 0 Å². The van der Waals surface area contributed by atoms with Crippen molar-refractivity contribution in [2.75, 3.05) is 13.2 Å². The highest BCUT2D eigenvalue weighted by Crippen LogP contribution is 2.05. The third kappa shape index (κ3) is 11.4. The van der Waals surface area contributed by atoms with Crippen LogP contribution in [-0.4, -0.2) is 24.3 Å². The van der Waals surface area contributed by atoms with Crippen molar-refractivity contribution in [3.05, 3.63) is 11.6 Å². The summed E-state index contributed by atoms with van der Waals surface area (Å²) in [6, 6.07) is 0. The van der Waals surface area contributed by atoms with Crippen molar-refractivity contribution in [1.29, 1.82) is 0 Å². The number of carbonyl (C=O) groups is 1. The molecule has 3 heteroatoms. The highest BCUT2D eigenvalue weighted by atomic mass is 16.5. The van der Waals surface area contributed by atoms with Crippen LogP contribution in [0.5, 0.6) is 0 Å². The van der Waals surface area contributed by atoms with Crippen molar-refractivity contribution in [2.24, 2.45) is 0 Å². The Balaban J connectivity index is 3.19. The van der Waals surface area contributed by atoms with Crippen LogP contribution in [0.2, 0.25) is 0 Å². The maximum Gasteiger partial charge on any atom is 0.330 e. The number of carboxylic acids is 1. The monoisotopic (exact) mass is 242 g/mol. The fourth-order valence-electron chi connectivity index (χ4n) is 1.53. The lowest BCUT2D eigenvalue weighted by atomic mass is 10.1. The molecule has 0 aliphatic rings. The van der Waals surface area contributed by atoms with Gasteiger partial charge < -0.3 is 9.84 Å². The van der Waals surface area contributed by atoms with E-state index in [1.54, 1.807) is 13.0 Å². The normalized spacial score (nSPS) is 11.8. The zero-order valence-electron chi connectivity index (χ0n) is 11.2. The lowest BCUT2D eigenvalue weighted by Crippen LogP contribution is -1.99. The summed E-state index contributed by atoms with van der Waals surface area (Å²) in [4.78, 5) is 10.5. The molecular weight excluding hydrogens is 216 g/mol. The number of ether oxygens (including phenoxy) is 1. The van der Waals surface area contributed by atoms with Crippen LogP contribution >= 0.6 is 0 Å². The Morgan fingerprint density at radius 3 is 2.41 bits per heavy atom. The minimum absolute atomic E-state index is 0.396. The van der Waals surface area contributed by atoms with Crippen LogP contribution in [0.15, 0.2) is 11.6 Å². The number of rotatable bonds is 11. The highest BCUT2D eigenvalue weighted by Gasteiger charge is 1.97. The van der Waals surface area contributed by atoms with Gasteiger partial charge in [0.05, 0.1) is 6.61 Å². The van der Waals surface area contributed by atoms with Gasteiger partial charge in [-0.1, -0.05) is 45.1 Å². The summed E-state index contributed by atoms with van der Waals surface area (Å²) >= 11 is 0. The molecule has 0 aromatic heterocycles. The lowest BCUT2D eigenvalue weighted by Gasteiger charge is -2.02. The van der Waals surface area contributed by atoms with Gasteiger partial charge in [-0.25, -0.2) is 4.79 Å². The molecule has 0 atom stereocenters. The average molecular weight is 242 g/mol. The standard InChI is InChI=1S/C14H26O3/c1-3-4-5-6-7-8-11-17-12-9-10-13(2)14(15)16/h10H,3-9,11-12H2,1-2H3,(H,15,16). The molecule has 100 valence electrons. The molecule has 17 heavy (non-hydrogen) atoms. The van der Waals surface area contributed by atoms with Crippen LogP contribution in [0, 0.1) is 0 Å². The van der Waals surface area contributed by atoms with E-state index in [0.29, 0.717) is 18.6 Å². The summed E-state index contributed by atoms with van der Waals surface area (Å²) in [7, 11) is 0. The Morgan fingerprint density at radius 2 is 1.76 bits per heavy atom. The summed E-state index contributed by atoms with van der Waals surface area (Å²) in [5, 5.41) is 8.62. The average Bonchev–Trinajstić information content (AvgIpc) is 2.31. The second kappa shape index (κ2) is 11.6. The zero-order valence-corrected chi connectivity index (χ0v) is 11.2. The molecule has 1 N–H and O–H groups in total. The summed E-state index contributed by atoms with van der Waals surface area (Å²) in [6.45, 7) is 5.25. The van der Waals surface area contributed by atoms with Crippen molar-refractivity contribution in [2.45, 2.75) is 58.8 Å². The van der Waals surface area contributed by atoms with Crippen molar-refractivity contribution >= 4 is 5.97 Å². The maximum atomic E-state index is 10.5. The van der Waals surface area contributed by atoms with E-state index in [1.165, 1.54) is 32.1 Å². The molecule has 0 saturated carbocycles. The predicted molar refractivity (Wildman–Crippen MR) is 70.2 cm³/mol. The van der Waals surface area contributed by atoms with Crippen LogP contribution in [-0.2, 0) is 9.53 Å². The molecule has 0 heterocycles. The van der Waals surface area contributed by atoms with E-state index in [2.05, 4.69) is 6.92 Å². The topological polar surface area (TPSA) is 46.5 Å². The fraction of sp³-hybridized carbons (Fsp3) is 0.786. The SMILES string of the molecule is CCCCCCCCOCCC=C(C)C(=O)O. The second-order valence-corrected chi connectivity index (χ2v) is 4.36. The molecule has 0 amide bonds. The van der Waals surface area contributed by atoms with E-state index in [1.807, 2.05) is 0 Å². The largest absolute Gasteiger partial charge is 0.478 e. The van der Waals surface area contributed by atoms with E-state index in [4.69, 9.17) is 9.84 Å². The molecule has 3 nitrogen and oxygen atoms in total. The van der Waals surface area contributed by atoms with Crippen LogP contribution in [0.4, 0.5) is 0 Å². The molecule has 0 fully saturated rings. The smallest absolute Gasteiger partial charge is 0.330 e. The molecule has 0 rings (SSSR count). The Labute approximate surface area is 105 Å². The molecule has 0 saturated heterocycles. The van der Waals surface area contributed by atoms with E-state index in [-0.39, 0.29) is 0 Å². The quantitative estimate of drug-likeness (QED) is 0.443. The molecular formula is C14H26O3. The molecule has 0 aromatic rings. The number of aliphatic carboxylic acids is 1. The van der Waals surface area contributed by atoms with Crippen LogP contribution in [0.3, 0.4) is 0 Å². The third-order valence-electron chi connectivity index (χ3n) is 2.69. The van der Waals surface area contributed by atoms with Gasteiger partial charge in [-0.2, -0.15) is 0 Å². The van der Waals surface area contributed by atoms with Gasteiger partial charge in [-0.05, 0) is 19.8 Å². The Hall–Kier alpha value is -0.830. The summed E-state index contributed by atoms with van der Waals surface area (Å²) in [5.41, 5.74) is 0.396. The Bertz CT molecular complexity index is 222. The summed E-state index contributed by atoms with van der Waals surface area (Å²) in [5.74, 6) is -0.846. The van der Waals surface area contributed by atoms with Crippen LogP contribution in [0.1, 0.15) is 58.8 Å². The maximum absolute atomic E-state index is 10.5. The molecule has 0 unspecified atom stereocenters. The Morgan fingerprint density at radius 1 is 1.12 bits per heavy atom. The number of carboxylic acid groups (broad SMARTS) is 1. The second-order valence-electron chi connectivity index (χ2n) is 4.36. The first-order valence-corrected chi connectivity index (χ1v) is 6.66. The lowest BCUT2D eigenvalue weighted by molar-refractivity contribution is -0.132. The van der Waals surface area contributed by atoms with E-state index < -0.39 is 5.97 Å². The molecule has 0 spiro atoms. The molecule has 0 aliphatic carbocycles. The van der Waals surface area contributed by atoms with Gasteiger partial charge in [0.1, 0.15) is 0 Å². The van der Waals surface area contributed by atoms with Gasteiger partial charge in [-0.15, -0.1) is 0 Å². The van der Waals surface area contributed by atoms with Gasteiger partial charge in [0.25, 0.3) is 0 Å². The van der Waals surface area contributed by atoms with Gasteiger partial charge in [0.15, 0.2) is 0 Å². The van der Waals surface area contributed by atoms with Crippen LogP contribution < -0.4 is 0 Å². The fourth-order valence-corrected chi connectivity index (χ4v) is 1.53. The first kappa shape index (κ1) is 16.2. The van der Waals surface area contributed by atoms with Gasteiger partial charge >= 0.3 is 5.97 Å². The minimum Gasteiger partial charge on any atom is -0.478 e. The van der Waals surface area contributed by atoms with Crippen molar-refractivity contribution in [3.63, 3.8) is 0 Å².